The van der Waals surface area contributed by atoms with Gasteiger partial charge in [-0.3, -0.25) is 4.79 Å². The van der Waals surface area contributed by atoms with E-state index in [4.69, 9.17) is 5.73 Å². The molecule has 14 heavy (non-hydrogen) atoms. The van der Waals surface area contributed by atoms with Gasteiger partial charge < -0.3 is 10.3 Å². The lowest BCUT2D eigenvalue weighted by Gasteiger charge is -2.17. The van der Waals surface area contributed by atoms with Gasteiger partial charge in [0.25, 0.3) is 5.56 Å². The monoisotopic (exact) mass is 194 g/mol. The Morgan fingerprint density at radius 3 is 2.50 bits per heavy atom. The van der Waals surface area contributed by atoms with Crippen LogP contribution in [-0.4, -0.2) is 10.6 Å². The standard InChI is InChI=1S/C11H18N2O/c1-8(2)13-10(7-9(3)12)5-4-6-11(13)14/h4-6,8-9H,7,12H2,1-3H3. The van der Waals surface area contributed by atoms with E-state index < -0.39 is 0 Å². The van der Waals surface area contributed by atoms with E-state index in [9.17, 15) is 4.79 Å². The third kappa shape index (κ3) is 2.45. The first-order valence-electron chi connectivity index (χ1n) is 4.98. The van der Waals surface area contributed by atoms with E-state index >= 15 is 0 Å². The highest BCUT2D eigenvalue weighted by Gasteiger charge is 2.07. The molecule has 1 aromatic heterocycles. The number of pyridine rings is 1. The summed E-state index contributed by atoms with van der Waals surface area (Å²) in [4.78, 5) is 11.6. The molecule has 3 nitrogen and oxygen atoms in total. The van der Waals surface area contributed by atoms with Crippen LogP contribution in [0.1, 0.15) is 32.5 Å². The van der Waals surface area contributed by atoms with Gasteiger partial charge in [0.2, 0.25) is 0 Å². The summed E-state index contributed by atoms with van der Waals surface area (Å²) in [5, 5.41) is 0. The SMILES string of the molecule is CC(N)Cc1cccc(=O)n1C(C)C. The van der Waals surface area contributed by atoms with Crippen LogP contribution < -0.4 is 11.3 Å². The number of rotatable bonds is 3. The van der Waals surface area contributed by atoms with Gasteiger partial charge in [0.15, 0.2) is 0 Å². The molecule has 0 fully saturated rings. The third-order valence-electron chi connectivity index (χ3n) is 2.12. The minimum atomic E-state index is 0.0538. The molecule has 78 valence electrons. The van der Waals surface area contributed by atoms with Gasteiger partial charge in [-0.2, -0.15) is 0 Å². The van der Waals surface area contributed by atoms with E-state index in [1.54, 1.807) is 16.7 Å². The molecule has 0 amide bonds. The quantitative estimate of drug-likeness (QED) is 0.789. The number of aromatic nitrogens is 1. The van der Waals surface area contributed by atoms with Gasteiger partial charge in [-0.25, -0.2) is 0 Å². The molecule has 0 aliphatic carbocycles. The van der Waals surface area contributed by atoms with Gasteiger partial charge in [0.1, 0.15) is 0 Å². The first-order chi connectivity index (χ1) is 6.52. The van der Waals surface area contributed by atoms with E-state index in [1.807, 2.05) is 26.8 Å². The first kappa shape index (κ1) is 11.0. The van der Waals surface area contributed by atoms with Crippen LogP contribution in [-0.2, 0) is 6.42 Å². The maximum atomic E-state index is 11.6. The molecule has 3 heteroatoms. The summed E-state index contributed by atoms with van der Waals surface area (Å²) in [6.07, 6.45) is 0.744. The Labute approximate surface area is 84.6 Å². The summed E-state index contributed by atoms with van der Waals surface area (Å²) >= 11 is 0. The minimum absolute atomic E-state index is 0.0538. The Hall–Kier alpha value is -1.09. The fourth-order valence-corrected chi connectivity index (χ4v) is 1.63. The van der Waals surface area contributed by atoms with Crippen molar-refractivity contribution in [1.29, 1.82) is 0 Å². The zero-order valence-electron chi connectivity index (χ0n) is 9.03. The molecule has 1 aromatic rings. The molecule has 0 aliphatic rings. The number of hydrogen-bond acceptors (Lipinski definition) is 2. The molecule has 1 rings (SSSR count). The van der Waals surface area contributed by atoms with Crippen molar-refractivity contribution in [2.75, 3.05) is 0 Å². The minimum Gasteiger partial charge on any atom is -0.328 e. The van der Waals surface area contributed by atoms with Crippen molar-refractivity contribution in [1.82, 2.24) is 4.57 Å². The number of nitrogens with two attached hydrogens (primary N) is 1. The average Bonchev–Trinajstić information content (AvgIpc) is 2.01. The highest BCUT2D eigenvalue weighted by atomic mass is 16.1. The predicted octanol–water partition coefficient (Wildman–Crippen LogP) is 1.32. The summed E-state index contributed by atoms with van der Waals surface area (Å²) < 4.78 is 1.80. The van der Waals surface area contributed by atoms with Crippen molar-refractivity contribution in [3.05, 3.63) is 34.2 Å². The van der Waals surface area contributed by atoms with Crippen molar-refractivity contribution in [2.45, 2.75) is 39.3 Å². The molecule has 0 saturated heterocycles. The van der Waals surface area contributed by atoms with E-state index in [-0.39, 0.29) is 17.6 Å². The number of nitrogens with zero attached hydrogens (tertiary/aromatic N) is 1. The lowest BCUT2D eigenvalue weighted by molar-refractivity contribution is 0.536. The zero-order chi connectivity index (χ0) is 10.7. The molecule has 0 spiro atoms. The van der Waals surface area contributed by atoms with Crippen LogP contribution in [0, 0.1) is 0 Å². The fraction of sp³-hybridized carbons (Fsp3) is 0.545. The second-order valence-corrected chi connectivity index (χ2v) is 4.00. The van der Waals surface area contributed by atoms with Crippen molar-refractivity contribution in [2.24, 2.45) is 5.73 Å². The molecule has 0 aliphatic heterocycles. The molecule has 0 radical (unpaired) electrons. The van der Waals surface area contributed by atoms with Crippen LogP contribution in [0.5, 0.6) is 0 Å². The van der Waals surface area contributed by atoms with E-state index in [0.29, 0.717) is 0 Å². The van der Waals surface area contributed by atoms with Crippen molar-refractivity contribution >= 4 is 0 Å². The molecular weight excluding hydrogens is 176 g/mol. The van der Waals surface area contributed by atoms with Crippen molar-refractivity contribution in [3.8, 4) is 0 Å². The summed E-state index contributed by atoms with van der Waals surface area (Å²) in [7, 11) is 0. The molecule has 0 aromatic carbocycles. The molecule has 0 saturated carbocycles. The second kappa shape index (κ2) is 4.42. The summed E-state index contributed by atoms with van der Waals surface area (Å²) in [5.74, 6) is 0. The fourth-order valence-electron chi connectivity index (χ4n) is 1.63. The van der Waals surface area contributed by atoms with Gasteiger partial charge >= 0.3 is 0 Å². The molecule has 0 bridgehead atoms. The van der Waals surface area contributed by atoms with Crippen LogP contribution in [0.15, 0.2) is 23.0 Å². The Morgan fingerprint density at radius 2 is 2.00 bits per heavy atom. The Kier molecular flexibility index (Phi) is 3.47. The molecule has 2 N–H and O–H groups in total. The summed E-state index contributed by atoms with van der Waals surface area (Å²) in [6, 6.07) is 5.62. The predicted molar refractivity (Wildman–Crippen MR) is 58.4 cm³/mol. The molecule has 1 heterocycles. The normalized spacial score (nSPS) is 13.2. The Morgan fingerprint density at radius 1 is 1.36 bits per heavy atom. The van der Waals surface area contributed by atoms with Gasteiger partial charge in [0.05, 0.1) is 0 Å². The number of hydrogen-bond donors (Lipinski definition) is 1. The van der Waals surface area contributed by atoms with E-state index in [1.165, 1.54) is 0 Å². The topological polar surface area (TPSA) is 48.0 Å². The molecule has 1 atom stereocenters. The largest absolute Gasteiger partial charge is 0.328 e. The van der Waals surface area contributed by atoms with Crippen molar-refractivity contribution < 1.29 is 0 Å². The summed E-state index contributed by atoms with van der Waals surface area (Å²) in [5.41, 5.74) is 6.80. The van der Waals surface area contributed by atoms with Crippen molar-refractivity contribution in [3.63, 3.8) is 0 Å². The van der Waals surface area contributed by atoms with Gasteiger partial charge in [-0.1, -0.05) is 6.07 Å². The van der Waals surface area contributed by atoms with Crippen LogP contribution >= 0.6 is 0 Å². The highest BCUT2D eigenvalue weighted by molar-refractivity contribution is 5.09. The van der Waals surface area contributed by atoms with Crippen LogP contribution in [0.2, 0.25) is 0 Å². The van der Waals surface area contributed by atoms with Gasteiger partial charge in [-0.15, -0.1) is 0 Å². The Bertz CT molecular complexity index is 353. The third-order valence-corrected chi connectivity index (χ3v) is 2.12. The highest BCUT2D eigenvalue weighted by Crippen LogP contribution is 2.07. The van der Waals surface area contributed by atoms with Crippen LogP contribution in [0.4, 0.5) is 0 Å². The van der Waals surface area contributed by atoms with Crippen LogP contribution in [0.3, 0.4) is 0 Å². The molecule has 1 unspecified atom stereocenters. The maximum absolute atomic E-state index is 11.6. The average molecular weight is 194 g/mol. The maximum Gasteiger partial charge on any atom is 0.250 e. The van der Waals surface area contributed by atoms with Crippen LogP contribution in [0.25, 0.3) is 0 Å². The van der Waals surface area contributed by atoms with E-state index in [0.717, 1.165) is 12.1 Å². The first-order valence-corrected chi connectivity index (χ1v) is 4.98. The van der Waals surface area contributed by atoms with E-state index in [2.05, 4.69) is 0 Å². The molecular formula is C11H18N2O. The lowest BCUT2D eigenvalue weighted by Crippen LogP contribution is -2.28. The second-order valence-electron chi connectivity index (χ2n) is 4.00. The Balaban J connectivity index is 3.15. The van der Waals surface area contributed by atoms with Gasteiger partial charge in [-0.05, 0) is 26.8 Å². The lowest BCUT2D eigenvalue weighted by atomic mass is 10.1. The summed E-state index contributed by atoms with van der Waals surface area (Å²) in [6.45, 7) is 5.96. The van der Waals surface area contributed by atoms with Gasteiger partial charge in [0, 0.05) is 30.3 Å². The zero-order valence-corrected chi connectivity index (χ0v) is 9.03. The smallest absolute Gasteiger partial charge is 0.250 e.